The van der Waals surface area contributed by atoms with E-state index in [0.29, 0.717) is 17.4 Å². The Morgan fingerprint density at radius 2 is 1.38 bits per heavy atom. The van der Waals surface area contributed by atoms with Crippen molar-refractivity contribution < 1.29 is 19.4 Å². The minimum Gasteiger partial charge on any atom is -0.304 e. The molecule has 1 spiro atoms. The van der Waals surface area contributed by atoms with Gasteiger partial charge in [0.1, 0.15) is 0 Å². The Balaban J connectivity index is 1.44. The molecule has 4 aliphatic carbocycles. The van der Waals surface area contributed by atoms with Gasteiger partial charge in [-0.1, -0.05) is 30.3 Å². The summed E-state index contributed by atoms with van der Waals surface area (Å²) in [5, 5.41) is 11.1. The Morgan fingerprint density at radius 3 is 1.97 bits per heavy atom. The molecule has 150 valence electrons. The van der Waals surface area contributed by atoms with Gasteiger partial charge in [0.05, 0.1) is 4.92 Å². The minimum absolute atomic E-state index is 0.0419. The molecule has 1 heterocycles. The van der Waals surface area contributed by atoms with Crippen molar-refractivity contribution in [2.24, 2.45) is 23.7 Å². The predicted molar refractivity (Wildman–Crippen MR) is 103 cm³/mol. The van der Waals surface area contributed by atoms with E-state index in [4.69, 9.17) is 14.5 Å². The molecule has 5 aliphatic rings. The van der Waals surface area contributed by atoms with Crippen molar-refractivity contribution in [2.75, 3.05) is 0 Å². The fourth-order valence-corrected chi connectivity index (χ4v) is 6.37. The van der Waals surface area contributed by atoms with Gasteiger partial charge in [-0.3, -0.25) is 10.1 Å². The Hall–Kier alpha value is -2.28. The Labute approximate surface area is 168 Å². The fraction of sp³-hybridized carbons (Fsp3) is 0.478. The van der Waals surface area contributed by atoms with Crippen LogP contribution in [-0.4, -0.2) is 10.7 Å². The molecule has 7 rings (SSSR count). The van der Waals surface area contributed by atoms with Crippen molar-refractivity contribution in [3.63, 3.8) is 0 Å². The molecule has 0 N–H and O–H groups in total. The van der Waals surface area contributed by atoms with Crippen molar-refractivity contribution in [3.05, 3.63) is 75.8 Å². The van der Waals surface area contributed by atoms with E-state index in [0.717, 1.165) is 43.1 Å². The van der Waals surface area contributed by atoms with Crippen LogP contribution in [0.15, 0.2) is 54.6 Å². The van der Waals surface area contributed by atoms with Gasteiger partial charge in [0, 0.05) is 35.1 Å². The first-order valence-electron chi connectivity index (χ1n) is 10.5. The van der Waals surface area contributed by atoms with Gasteiger partial charge in [-0.05, 0) is 56.1 Å². The quantitative estimate of drug-likeness (QED) is 0.420. The lowest BCUT2D eigenvalue weighted by molar-refractivity contribution is -0.387. The zero-order valence-corrected chi connectivity index (χ0v) is 16.0. The second kappa shape index (κ2) is 6.11. The highest BCUT2D eigenvalue weighted by molar-refractivity contribution is 5.40. The van der Waals surface area contributed by atoms with E-state index < -0.39 is 16.5 Å². The molecule has 1 aliphatic heterocycles. The molecular weight excluding hydrogens is 370 g/mol. The number of benzene rings is 2. The molecule has 0 aromatic heterocycles. The lowest BCUT2D eigenvalue weighted by Crippen LogP contribution is -2.59. The topological polar surface area (TPSA) is 70.8 Å². The number of nitro benzene ring substituents is 1. The summed E-state index contributed by atoms with van der Waals surface area (Å²) < 4.78 is 6.87. The largest absolute Gasteiger partial charge is 0.304 e. The Kier molecular flexibility index (Phi) is 3.70. The summed E-state index contributed by atoms with van der Waals surface area (Å²) in [6, 6.07) is 16.2. The minimum atomic E-state index is -1.22. The van der Waals surface area contributed by atoms with Gasteiger partial charge in [-0.2, -0.15) is 9.78 Å². The number of hydrogen-bond acceptors (Lipinski definition) is 5. The van der Waals surface area contributed by atoms with Crippen LogP contribution in [0.1, 0.15) is 43.2 Å². The zero-order valence-electron chi connectivity index (χ0n) is 16.0. The van der Waals surface area contributed by atoms with Crippen LogP contribution in [0.3, 0.4) is 0 Å². The molecule has 2 aromatic rings. The molecular formula is C23H23NO5. The van der Waals surface area contributed by atoms with Crippen LogP contribution in [0.5, 0.6) is 0 Å². The third kappa shape index (κ3) is 2.46. The molecule has 1 unspecified atom stereocenters. The molecule has 6 heteroatoms. The Bertz CT molecular complexity index is 916. The van der Waals surface area contributed by atoms with Crippen molar-refractivity contribution in [3.8, 4) is 0 Å². The molecule has 4 saturated carbocycles. The number of hydrogen-bond donors (Lipinski definition) is 0. The summed E-state index contributed by atoms with van der Waals surface area (Å²) in [7, 11) is 0. The molecule has 2 aromatic carbocycles. The summed E-state index contributed by atoms with van der Waals surface area (Å²) >= 11 is 0. The van der Waals surface area contributed by atoms with E-state index in [9.17, 15) is 10.1 Å². The lowest BCUT2D eigenvalue weighted by Gasteiger charge is -2.57. The standard InChI is InChI=1S/C23H23NO5/c25-24(26)21-8-6-18(7-9-21)22(17-4-2-1-3-5-17)27-23(29-28-22)19-11-15-10-16(13-19)14-20(23)12-15/h1-9,15-16,19-20H,10-14H2. The van der Waals surface area contributed by atoms with Gasteiger partial charge >= 0.3 is 0 Å². The maximum Gasteiger partial charge on any atom is 0.269 e. The second-order valence-electron chi connectivity index (χ2n) is 9.08. The average molecular weight is 393 g/mol. The molecule has 0 radical (unpaired) electrons. The number of ether oxygens (including phenoxy) is 1. The summed E-state index contributed by atoms with van der Waals surface area (Å²) in [6.45, 7) is 0. The normalized spacial score (nSPS) is 39.9. The van der Waals surface area contributed by atoms with Gasteiger partial charge in [-0.15, -0.1) is 0 Å². The van der Waals surface area contributed by atoms with Gasteiger partial charge in [0.15, 0.2) is 0 Å². The first-order chi connectivity index (χ1) is 14.1. The number of nitro groups is 1. The maximum atomic E-state index is 11.1. The molecule has 0 amide bonds. The molecule has 1 atom stereocenters. The lowest BCUT2D eigenvalue weighted by atomic mass is 9.53. The average Bonchev–Trinajstić information content (AvgIpc) is 3.15. The van der Waals surface area contributed by atoms with E-state index >= 15 is 0 Å². The van der Waals surface area contributed by atoms with Crippen LogP contribution < -0.4 is 0 Å². The fourth-order valence-electron chi connectivity index (χ4n) is 6.37. The predicted octanol–water partition coefficient (Wildman–Crippen LogP) is 4.93. The monoisotopic (exact) mass is 393 g/mol. The molecule has 1 saturated heterocycles. The van der Waals surface area contributed by atoms with E-state index in [2.05, 4.69) is 0 Å². The second-order valence-corrected chi connectivity index (χ2v) is 9.08. The third-order valence-corrected chi connectivity index (χ3v) is 7.48. The van der Waals surface area contributed by atoms with Crippen molar-refractivity contribution in [1.82, 2.24) is 0 Å². The highest BCUT2D eigenvalue weighted by atomic mass is 17.3. The molecule has 29 heavy (non-hydrogen) atoms. The van der Waals surface area contributed by atoms with Crippen LogP contribution in [0, 0.1) is 33.8 Å². The van der Waals surface area contributed by atoms with Crippen LogP contribution in [0.2, 0.25) is 0 Å². The van der Waals surface area contributed by atoms with Crippen LogP contribution in [0.25, 0.3) is 0 Å². The van der Waals surface area contributed by atoms with E-state index in [1.807, 2.05) is 30.3 Å². The highest BCUT2D eigenvalue weighted by Gasteiger charge is 2.67. The van der Waals surface area contributed by atoms with Gasteiger partial charge in [0.25, 0.3) is 11.5 Å². The summed E-state index contributed by atoms with van der Waals surface area (Å²) in [4.78, 5) is 23.0. The van der Waals surface area contributed by atoms with E-state index in [1.54, 1.807) is 12.1 Å². The summed E-state index contributed by atoms with van der Waals surface area (Å²) in [5.41, 5.74) is 1.58. The van der Waals surface area contributed by atoms with Crippen molar-refractivity contribution in [2.45, 2.75) is 43.7 Å². The summed E-state index contributed by atoms with van der Waals surface area (Å²) in [5.74, 6) is 0.282. The van der Waals surface area contributed by atoms with Gasteiger partial charge in [-0.25, -0.2) is 0 Å². The number of nitrogens with zero attached hydrogens (tertiary/aromatic N) is 1. The highest BCUT2D eigenvalue weighted by Crippen LogP contribution is 2.64. The van der Waals surface area contributed by atoms with E-state index in [1.165, 1.54) is 18.6 Å². The Morgan fingerprint density at radius 1 is 0.793 bits per heavy atom. The van der Waals surface area contributed by atoms with Crippen LogP contribution >= 0.6 is 0 Å². The van der Waals surface area contributed by atoms with Crippen LogP contribution in [-0.2, 0) is 20.3 Å². The maximum absolute atomic E-state index is 11.1. The van der Waals surface area contributed by atoms with E-state index in [-0.39, 0.29) is 5.69 Å². The number of non-ortho nitro benzene ring substituents is 1. The molecule has 4 bridgehead atoms. The van der Waals surface area contributed by atoms with Gasteiger partial charge in [0.2, 0.25) is 5.79 Å². The van der Waals surface area contributed by atoms with Crippen molar-refractivity contribution in [1.29, 1.82) is 0 Å². The summed E-state index contributed by atoms with van der Waals surface area (Å²) in [6.07, 6.45) is 5.85. The third-order valence-electron chi connectivity index (χ3n) is 7.48. The first-order valence-corrected chi connectivity index (χ1v) is 10.5. The molecule has 6 nitrogen and oxygen atoms in total. The van der Waals surface area contributed by atoms with Crippen molar-refractivity contribution >= 4 is 5.69 Å². The molecule has 5 fully saturated rings. The van der Waals surface area contributed by atoms with Crippen LogP contribution in [0.4, 0.5) is 5.69 Å². The smallest absolute Gasteiger partial charge is 0.269 e. The zero-order chi connectivity index (χ0) is 19.6. The SMILES string of the molecule is O=[N+]([O-])c1ccc(C2(c3ccccc3)OOC3(O2)C2CC4CC(C2)CC3C4)cc1. The first kappa shape index (κ1) is 17.6. The van der Waals surface area contributed by atoms with Gasteiger partial charge < -0.3 is 4.74 Å². The number of rotatable bonds is 3.